The first kappa shape index (κ1) is 18.2. The Labute approximate surface area is 151 Å². The summed E-state index contributed by atoms with van der Waals surface area (Å²) in [6.45, 7) is 7.87. The average molecular weight is 345 g/mol. The molecule has 0 saturated carbocycles. The van der Waals surface area contributed by atoms with Crippen molar-refractivity contribution in [2.45, 2.75) is 51.3 Å². The second kappa shape index (κ2) is 7.34. The predicted octanol–water partition coefficient (Wildman–Crippen LogP) is 2.04. The Morgan fingerprint density at radius 1 is 1.44 bits per heavy atom. The number of ether oxygens (including phenoxy) is 1. The third-order valence-corrected chi connectivity index (χ3v) is 5.30. The molecule has 1 saturated heterocycles. The molecule has 0 bridgehead atoms. The van der Waals surface area contributed by atoms with Gasteiger partial charge in [0.15, 0.2) is 0 Å². The van der Waals surface area contributed by atoms with Crippen LogP contribution >= 0.6 is 0 Å². The average Bonchev–Trinajstić information content (AvgIpc) is 3.11. The van der Waals surface area contributed by atoms with Crippen molar-refractivity contribution in [3.8, 4) is 5.75 Å². The highest BCUT2D eigenvalue weighted by Gasteiger charge is 2.29. The third-order valence-electron chi connectivity index (χ3n) is 5.30. The number of fused-ring (bicyclic) bond motifs is 1. The van der Waals surface area contributed by atoms with Gasteiger partial charge in [-0.15, -0.1) is 0 Å². The van der Waals surface area contributed by atoms with Crippen molar-refractivity contribution in [1.82, 2.24) is 15.1 Å². The zero-order valence-corrected chi connectivity index (χ0v) is 16.0. The lowest BCUT2D eigenvalue weighted by Gasteiger charge is -2.23. The van der Waals surface area contributed by atoms with Gasteiger partial charge in [0.25, 0.3) is 0 Å². The van der Waals surface area contributed by atoms with Gasteiger partial charge in [0.05, 0.1) is 0 Å². The molecule has 25 heavy (non-hydrogen) atoms. The molecular formula is C20H31N3O2. The molecule has 1 aromatic carbocycles. The molecule has 3 rings (SSSR count). The van der Waals surface area contributed by atoms with Gasteiger partial charge in [-0.05, 0) is 58.1 Å². The summed E-state index contributed by atoms with van der Waals surface area (Å²) in [7, 11) is 4.28. The van der Waals surface area contributed by atoms with Crippen LogP contribution in [0.1, 0.15) is 37.8 Å². The number of nitrogens with zero attached hydrogens (tertiary/aromatic N) is 2. The lowest BCUT2D eigenvalue weighted by atomic mass is 10.0. The fourth-order valence-corrected chi connectivity index (χ4v) is 3.79. The van der Waals surface area contributed by atoms with Crippen molar-refractivity contribution in [3.05, 3.63) is 29.3 Å². The van der Waals surface area contributed by atoms with Crippen LogP contribution in [0.2, 0.25) is 0 Å². The summed E-state index contributed by atoms with van der Waals surface area (Å²) < 4.78 is 5.90. The number of likely N-dealkylation sites (N-methyl/N-ethyl adjacent to an activating group) is 2. The van der Waals surface area contributed by atoms with Crippen LogP contribution in [0.25, 0.3) is 0 Å². The molecule has 0 spiro atoms. The maximum atomic E-state index is 12.2. The van der Waals surface area contributed by atoms with E-state index < -0.39 is 0 Å². The predicted molar refractivity (Wildman–Crippen MR) is 99.8 cm³/mol. The van der Waals surface area contributed by atoms with E-state index in [4.69, 9.17) is 4.74 Å². The van der Waals surface area contributed by atoms with Crippen molar-refractivity contribution in [1.29, 1.82) is 0 Å². The number of carbonyl (C=O) groups is 1. The number of rotatable bonds is 6. The summed E-state index contributed by atoms with van der Waals surface area (Å²) >= 11 is 0. The van der Waals surface area contributed by atoms with Crippen LogP contribution in [0.5, 0.6) is 5.75 Å². The van der Waals surface area contributed by atoms with Crippen molar-refractivity contribution in [3.63, 3.8) is 0 Å². The molecule has 2 heterocycles. The highest BCUT2D eigenvalue weighted by atomic mass is 16.5. The van der Waals surface area contributed by atoms with Crippen molar-refractivity contribution in [2.75, 3.05) is 33.7 Å². The minimum Gasteiger partial charge on any atom is -0.487 e. The molecule has 2 aliphatic rings. The fraction of sp³-hybridized carbons (Fsp3) is 0.650. The Balaban J connectivity index is 1.42. The van der Waals surface area contributed by atoms with Gasteiger partial charge in [-0.1, -0.05) is 12.1 Å². The van der Waals surface area contributed by atoms with E-state index in [9.17, 15) is 4.79 Å². The summed E-state index contributed by atoms with van der Waals surface area (Å²) in [6.07, 6.45) is 2.67. The summed E-state index contributed by atoms with van der Waals surface area (Å²) in [5.41, 5.74) is 2.25. The van der Waals surface area contributed by atoms with E-state index in [0.29, 0.717) is 19.0 Å². The SMILES string of the molecule is CN1CC[C@@H](N(C)CCC(=O)NCc2ccc3c(c2)CC(C)(C)O3)C1. The normalized spacial score (nSPS) is 22.0. The summed E-state index contributed by atoms with van der Waals surface area (Å²) in [4.78, 5) is 16.8. The van der Waals surface area contributed by atoms with E-state index in [1.54, 1.807) is 0 Å². The van der Waals surface area contributed by atoms with Gasteiger partial charge in [0.2, 0.25) is 5.91 Å². The molecule has 0 aromatic heterocycles. The lowest BCUT2D eigenvalue weighted by Crippen LogP contribution is -2.36. The lowest BCUT2D eigenvalue weighted by molar-refractivity contribution is -0.121. The molecular weight excluding hydrogens is 314 g/mol. The number of carbonyl (C=O) groups excluding carboxylic acids is 1. The molecule has 2 aliphatic heterocycles. The summed E-state index contributed by atoms with van der Waals surface area (Å²) in [5.74, 6) is 1.10. The molecule has 1 aromatic rings. The van der Waals surface area contributed by atoms with E-state index in [-0.39, 0.29) is 11.5 Å². The highest BCUT2D eigenvalue weighted by Crippen LogP contribution is 2.35. The van der Waals surface area contributed by atoms with Crippen molar-refractivity contribution >= 4 is 5.91 Å². The topological polar surface area (TPSA) is 44.8 Å². The second-order valence-corrected chi connectivity index (χ2v) is 8.19. The van der Waals surface area contributed by atoms with Gasteiger partial charge in [-0.2, -0.15) is 0 Å². The van der Waals surface area contributed by atoms with Gasteiger partial charge >= 0.3 is 0 Å². The maximum absolute atomic E-state index is 12.2. The van der Waals surface area contributed by atoms with Gasteiger partial charge in [-0.3, -0.25) is 4.79 Å². The zero-order chi connectivity index (χ0) is 18.0. The largest absolute Gasteiger partial charge is 0.487 e. The molecule has 1 N–H and O–H groups in total. The maximum Gasteiger partial charge on any atom is 0.221 e. The van der Waals surface area contributed by atoms with E-state index in [1.807, 2.05) is 12.1 Å². The Morgan fingerprint density at radius 3 is 2.96 bits per heavy atom. The summed E-state index contributed by atoms with van der Waals surface area (Å²) in [6, 6.07) is 6.81. The van der Waals surface area contributed by atoms with Crippen LogP contribution < -0.4 is 10.1 Å². The minimum atomic E-state index is -0.122. The smallest absolute Gasteiger partial charge is 0.221 e. The Hall–Kier alpha value is -1.59. The Kier molecular flexibility index (Phi) is 5.35. The number of amides is 1. The molecule has 5 heteroatoms. The van der Waals surface area contributed by atoms with Crippen LogP contribution in [0.3, 0.4) is 0 Å². The quantitative estimate of drug-likeness (QED) is 0.857. The van der Waals surface area contributed by atoms with Gasteiger partial charge in [0, 0.05) is 38.5 Å². The first-order valence-corrected chi connectivity index (χ1v) is 9.29. The van der Waals surface area contributed by atoms with Crippen LogP contribution in [0.15, 0.2) is 18.2 Å². The Bertz CT molecular complexity index is 629. The first-order valence-electron chi connectivity index (χ1n) is 9.29. The van der Waals surface area contributed by atoms with Crippen LogP contribution in [-0.2, 0) is 17.8 Å². The Morgan fingerprint density at radius 2 is 2.24 bits per heavy atom. The van der Waals surface area contributed by atoms with E-state index >= 15 is 0 Å². The van der Waals surface area contributed by atoms with Gasteiger partial charge < -0.3 is 19.9 Å². The number of likely N-dealkylation sites (tertiary alicyclic amines) is 1. The monoisotopic (exact) mass is 345 g/mol. The second-order valence-electron chi connectivity index (χ2n) is 8.19. The van der Waals surface area contributed by atoms with Crippen molar-refractivity contribution in [2.24, 2.45) is 0 Å². The standard InChI is InChI=1S/C20H31N3O2/c1-20(2)12-16-11-15(5-6-18(16)25-20)13-21-19(24)8-10-23(4)17-7-9-22(3)14-17/h5-6,11,17H,7-10,12-14H2,1-4H3,(H,21,24)/t17-/m1/s1. The number of benzene rings is 1. The third kappa shape index (κ3) is 4.73. The molecule has 0 radical (unpaired) electrons. The minimum absolute atomic E-state index is 0.121. The van der Waals surface area contributed by atoms with Crippen LogP contribution in [0.4, 0.5) is 0 Å². The molecule has 1 amide bonds. The van der Waals surface area contributed by atoms with E-state index in [0.717, 1.165) is 37.4 Å². The molecule has 5 nitrogen and oxygen atoms in total. The molecule has 1 atom stereocenters. The van der Waals surface area contributed by atoms with Gasteiger partial charge in [-0.25, -0.2) is 0 Å². The summed E-state index contributed by atoms with van der Waals surface area (Å²) in [5, 5.41) is 3.05. The number of nitrogens with one attached hydrogen (secondary N) is 1. The van der Waals surface area contributed by atoms with Crippen LogP contribution in [0, 0.1) is 0 Å². The van der Waals surface area contributed by atoms with Gasteiger partial charge in [0.1, 0.15) is 11.4 Å². The zero-order valence-electron chi connectivity index (χ0n) is 16.0. The first-order chi connectivity index (χ1) is 11.8. The van der Waals surface area contributed by atoms with Crippen LogP contribution in [-0.4, -0.2) is 61.1 Å². The van der Waals surface area contributed by atoms with E-state index in [1.165, 1.54) is 12.0 Å². The molecule has 138 valence electrons. The fourth-order valence-electron chi connectivity index (χ4n) is 3.79. The molecule has 0 unspecified atom stereocenters. The number of hydrogen-bond donors (Lipinski definition) is 1. The number of hydrogen-bond acceptors (Lipinski definition) is 4. The van der Waals surface area contributed by atoms with E-state index in [2.05, 4.69) is 49.1 Å². The highest BCUT2D eigenvalue weighted by molar-refractivity contribution is 5.76. The molecule has 0 aliphatic carbocycles. The van der Waals surface area contributed by atoms with Crippen molar-refractivity contribution < 1.29 is 9.53 Å². The molecule has 1 fully saturated rings.